The van der Waals surface area contributed by atoms with Gasteiger partial charge in [-0.3, -0.25) is 0 Å². The van der Waals surface area contributed by atoms with Crippen molar-refractivity contribution in [1.82, 2.24) is 4.57 Å². The van der Waals surface area contributed by atoms with E-state index in [2.05, 4.69) is 191 Å². The molecule has 2 heterocycles. The van der Waals surface area contributed by atoms with E-state index in [0.29, 0.717) is 0 Å². The smallest absolute Gasteiger partial charge is 0.136 e. The third-order valence-corrected chi connectivity index (χ3v) is 10.00. The lowest BCUT2D eigenvalue weighted by Gasteiger charge is -2.26. The molecule has 10 aromatic rings. The number of nitrogens with zero attached hydrogens (tertiary/aromatic N) is 2. The van der Waals surface area contributed by atoms with Crippen LogP contribution in [-0.4, -0.2) is 4.57 Å². The monoisotopic (exact) mass is 652 g/mol. The van der Waals surface area contributed by atoms with Crippen LogP contribution in [0.3, 0.4) is 0 Å². The molecule has 0 fully saturated rings. The van der Waals surface area contributed by atoms with E-state index >= 15 is 0 Å². The molecule has 0 atom stereocenters. The van der Waals surface area contributed by atoms with Gasteiger partial charge < -0.3 is 13.9 Å². The highest BCUT2D eigenvalue weighted by molar-refractivity contribution is 6.09. The Balaban J connectivity index is 0.993. The van der Waals surface area contributed by atoms with Gasteiger partial charge in [0.15, 0.2) is 0 Å². The average Bonchev–Trinajstić information content (AvgIpc) is 3.74. The van der Waals surface area contributed by atoms with Crippen molar-refractivity contribution in [3.63, 3.8) is 0 Å². The molecule has 10 rings (SSSR count). The first-order valence-electron chi connectivity index (χ1n) is 17.3. The molecule has 3 heteroatoms. The fourth-order valence-corrected chi connectivity index (χ4v) is 7.56. The maximum atomic E-state index is 6.16. The van der Waals surface area contributed by atoms with Gasteiger partial charge in [0.05, 0.1) is 11.0 Å². The fourth-order valence-electron chi connectivity index (χ4n) is 7.56. The summed E-state index contributed by atoms with van der Waals surface area (Å²) in [5, 5.41) is 4.82. The normalized spacial score (nSPS) is 11.5. The number of furan rings is 1. The minimum atomic E-state index is 0.914. The van der Waals surface area contributed by atoms with E-state index in [0.717, 1.165) is 55.8 Å². The number of aromatic nitrogens is 1. The van der Waals surface area contributed by atoms with Crippen molar-refractivity contribution < 1.29 is 4.42 Å². The highest BCUT2D eigenvalue weighted by atomic mass is 16.3. The summed E-state index contributed by atoms with van der Waals surface area (Å²) in [5.41, 5.74) is 13.3. The van der Waals surface area contributed by atoms with Crippen LogP contribution in [0, 0.1) is 0 Å². The largest absolute Gasteiger partial charge is 0.456 e. The molecule has 0 amide bonds. The molecule has 0 aliphatic rings. The van der Waals surface area contributed by atoms with Gasteiger partial charge in [0.2, 0.25) is 0 Å². The Morgan fingerprint density at radius 2 is 0.843 bits per heavy atom. The van der Waals surface area contributed by atoms with Crippen molar-refractivity contribution in [2.45, 2.75) is 0 Å². The molecule has 0 aliphatic heterocycles. The first-order valence-corrected chi connectivity index (χ1v) is 17.3. The summed E-state index contributed by atoms with van der Waals surface area (Å²) in [6.07, 6.45) is 0. The summed E-state index contributed by atoms with van der Waals surface area (Å²) in [6, 6.07) is 69.2. The van der Waals surface area contributed by atoms with Gasteiger partial charge in [0.25, 0.3) is 0 Å². The van der Waals surface area contributed by atoms with Crippen molar-refractivity contribution in [2.24, 2.45) is 0 Å². The summed E-state index contributed by atoms with van der Waals surface area (Å²) in [6.45, 7) is 0. The number of hydrogen-bond donors (Lipinski definition) is 0. The topological polar surface area (TPSA) is 21.3 Å². The van der Waals surface area contributed by atoms with Gasteiger partial charge in [0.1, 0.15) is 11.2 Å². The van der Waals surface area contributed by atoms with E-state index in [4.69, 9.17) is 4.42 Å². The number of anilines is 3. The van der Waals surface area contributed by atoms with E-state index in [9.17, 15) is 0 Å². The molecule has 0 spiro atoms. The third-order valence-electron chi connectivity index (χ3n) is 10.00. The zero-order valence-corrected chi connectivity index (χ0v) is 27.8. The van der Waals surface area contributed by atoms with Gasteiger partial charge >= 0.3 is 0 Å². The van der Waals surface area contributed by atoms with Crippen molar-refractivity contribution in [2.75, 3.05) is 4.90 Å². The summed E-state index contributed by atoms with van der Waals surface area (Å²) in [7, 11) is 0. The Labute approximate surface area is 295 Å². The second-order valence-corrected chi connectivity index (χ2v) is 13.0. The predicted molar refractivity (Wildman–Crippen MR) is 214 cm³/mol. The quantitative estimate of drug-likeness (QED) is 0.178. The van der Waals surface area contributed by atoms with Gasteiger partial charge in [-0.1, -0.05) is 121 Å². The molecule has 0 N–H and O–H groups in total. The summed E-state index contributed by atoms with van der Waals surface area (Å²) >= 11 is 0. The van der Waals surface area contributed by atoms with Crippen molar-refractivity contribution >= 4 is 60.8 Å². The van der Waals surface area contributed by atoms with Gasteiger partial charge in [-0.25, -0.2) is 0 Å². The molecule has 3 nitrogen and oxygen atoms in total. The van der Waals surface area contributed by atoms with Crippen LogP contribution in [0.2, 0.25) is 0 Å². The third kappa shape index (κ3) is 4.98. The van der Waals surface area contributed by atoms with Crippen LogP contribution in [0.1, 0.15) is 0 Å². The molecule has 2 aromatic heterocycles. The van der Waals surface area contributed by atoms with Crippen LogP contribution in [0.5, 0.6) is 0 Å². The molecule has 0 aliphatic carbocycles. The number of hydrogen-bond acceptors (Lipinski definition) is 2. The molecule has 0 unspecified atom stereocenters. The van der Waals surface area contributed by atoms with Crippen LogP contribution in [-0.2, 0) is 0 Å². The minimum absolute atomic E-state index is 0.914. The minimum Gasteiger partial charge on any atom is -0.456 e. The van der Waals surface area contributed by atoms with Gasteiger partial charge in [-0.05, 0) is 95.1 Å². The number of para-hydroxylation sites is 4. The van der Waals surface area contributed by atoms with Gasteiger partial charge in [0, 0.05) is 44.3 Å². The Morgan fingerprint density at radius 1 is 0.333 bits per heavy atom. The van der Waals surface area contributed by atoms with Crippen molar-refractivity contribution in [3.05, 3.63) is 194 Å². The highest BCUT2D eigenvalue weighted by Crippen LogP contribution is 2.39. The lowest BCUT2D eigenvalue weighted by atomic mass is 9.99. The lowest BCUT2D eigenvalue weighted by Crippen LogP contribution is -2.10. The molecule has 0 saturated carbocycles. The van der Waals surface area contributed by atoms with Gasteiger partial charge in [-0.15, -0.1) is 0 Å². The Bertz CT molecular complexity index is 2790. The van der Waals surface area contributed by atoms with Crippen molar-refractivity contribution in [3.8, 4) is 27.9 Å². The SMILES string of the molecule is c1ccc(N(c2ccc(-c3ccc(-c4ccc5c(c4)oc4ccccc45)cc3)cc2)c2cccc(-n3c4ccccc4c4ccccc43)c2)cc1. The van der Waals surface area contributed by atoms with Crippen LogP contribution < -0.4 is 4.90 Å². The standard InChI is InChI=1S/C48H32N2O/c1-2-11-37(12-3-1)49(39-13-10-14-40(32-39)50-45-18-7-4-15-41(45)42-16-5-8-19-46(42)50)38-28-25-34(26-29-38)33-21-23-35(24-22-33)36-27-30-44-43-17-6-9-20-47(43)51-48(44)31-36/h1-32H. The molecular formula is C48H32N2O. The Kier molecular flexibility index (Phi) is 6.81. The lowest BCUT2D eigenvalue weighted by molar-refractivity contribution is 0.669. The summed E-state index contributed by atoms with van der Waals surface area (Å²) in [5.74, 6) is 0. The fraction of sp³-hybridized carbons (Fsp3) is 0. The second-order valence-electron chi connectivity index (χ2n) is 13.0. The summed E-state index contributed by atoms with van der Waals surface area (Å²) < 4.78 is 8.53. The molecule has 51 heavy (non-hydrogen) atoms. The van der Waals surface area contributed by atoms with Crippen LogP contribution in [0.25, 0.3) is 71.7 Å². The van der Waals surface area contributed by atoms with E-state index in [-0.39, 0.29) is 0 Å². The van der Waals surface area contributed by atoms with Crippen LogP contribution >= 0.6 is 0 Å². The maximum Gasteiger partial charge on any atom is 0.136 e. The average molecular weight is 653 g/mol. The van der Waals surface area contributed by atoms with Crippen molar-refractivity contribution in [1.29, 1.82) is 0 Å². The number of fused-ring (bicyclic) bond motifs is 6. The van der Waals surface area contributed by atoms with Gasteiger partial charge in [-0.2, -0.15) is 0 Å². The van der Waals surface area contributed by atoms with E-state index in [1.807, 2.05) is 12.1 Å². The molecule has 0 bridgehead atoms. The Morgan fingerprint density at radius 3 is 1.55 bits per heavy atom. The first kappa shape index (κ1) is 29.1. The van der Waals surface area contributed by atoms with Crippen LogP contribution in [0.4, 0.5) is 17.1 Å². The molecular weight excluding hydrogens is 621 g/mol. The predicted octanol–water partition coefficient (Wildman–Crippen LogP) is 13.5. The molecule has 0 saturated heterocycles. The number of rotatable bonds is 6. The second kappa shape index (κ2) is 11.9. The maximum absolute atomic E-state index is 6.16. The molecule has 240 valence electrons. The van der Waals surface area contributed by atoms with E-state index in [1.165, 1.54) is 32.9 Å². The number of benzene rings is 8. The molecule has 8 aromatic carbocycles. The Hall–Kier alpha value is -6.84. The zero-order chi connectivity index (χ0) is 33.7. The summed E-state index contributed by atoms with van der Waals surface area (Å²) in [4.78, 5) is 2.33. The molecule has 0 radical (unpaired) electrons. The first-order chi connectivity index (χ1) is 25.3. The highest BCUT2D eigenvalue weighted by Gasteiger charge is 2.16. The zero-order valence-electron chi connectivity index (χ0n) is 27.8. The van der Waals surface area contributed by atoms with Crippen LogP contribution in [0.15, 0.2) is 199 Å². The van der Waals surface area contributed by atoms with E-state index in [1.54, 1.807) is 0 Å². The van der Waals surface area contributed by atoms with E-state index < -0.39 is 0 Å².